The topological polar surface area (TPSA) is 70.4 Å². The molecule has 0 saturated carbocycles. The number of benzene rings is 1. The lowest BCUT2D eigenvalue weighted by Gasteiger charge is -2.20. The second-order valence-electron chi connectivity index (χ2n) is 4.56. The van der Waals surface area contributed by atoms with Crippen LogP contribution in [0.4, 0.5) is 0 Å². The van der Waals surface area contributed by atoms with Gasteiger partial charge in [0.05, 0.1) is 22.6 Å². The molecule has 1 aromatic carbocycles. The molecule has 1 atom stereocenters. The van der Waals surface area contributed by atoms with Gasteiger partial charge >= 0.3 is 0 Å². The Morgan fingerprint density at radius 2 is 2.11 bits per heavy atom. The van der Waals surface area contributed by atoms with E-state index >= 15 is 0 Å². The summed E-state index contributed by atoms with van der Waals surface area (Å²) in [6, 6.07) is 7.90. The van der Waals surface area contributed by atoms with E-state index in [1.807, 2.05) is 6.07 Å². The van der Waals surface area contributed by atoms with Crippen LogP contribution in [0.5, 0.6) is 0 Å². The van der Waals surface area contributed by atoms with Crippen molar-refractivity contribution in [3.05, 3.63) is 29.8 Å². The van der Waals surface area contributed by atoms with Gasteiger partial charge in [-0.25, -0.2) is 8.42 Å². The Bertz CT molecular complexity index is 569. The van der Waals surface area contributed by atoms with E-state index in [4.69, 9.17) is 10.00 Å². The summed E-state index contributed by atoms with van der Waals surface area (Å²) in [6.07, 6.45) is 1.86. The number of hydrogen-bond donors (Lipinski definition) is 0. The van der Waals surface area contributed by atoms with Crippen LogP contribution < -0.4 is 0 Å². The Balaban J connectivity index is 2.13. The minimum absolute atomic E-state index is 0.0156. The summed E-state index contributed by atoms with van der Waals surface area (Å²) in [5, 5.41) is 8.70. The van der Waals surface area contributed by atoms with Gasteiger partial charge in [-0.15, -0.1) is 0 Å². The smallest absolute Gasteiger partial charge is 0.242 e. The first-order valence-corrected chi connectivity index (χ1v) is 7.56. The Morgan fingerprint density at radius 3 is 2.63 bits per heavy atom. The summed E-state index contributed by atoms with van der Waals surface area (Å²) in [7, 11) is -1.96. The summed E-state index contributed by atoms with van der Waals surface area (Å²) in [5.41, 5.74) is 0.445. The molecular weight excluding hydrogens is 264 g/mol. The lowest BCUT2D eigenvalue weighted by molar-refractivity contribution is 0.0979. The van der Waals surface area contributed by atoms with Crippen molar-refractivity contribution in [2.24, 2.45) is 0 Å². The third-order valence-corrected chi connectivity index (χ3v) is 5.01. The Kier molecular flexibility index (Phi) is 4.20. The molecule has 6 heteroatoms. The van der Waals surface area contributed by atoms with Gasteiger partial charge in [-0.3, -0.25) is 0 Å². The van der Waals surface area contributed by atoms with Crippen LogP contribution in [-0.4, -0.2) is 39.0 Å². The van der Waals surface area contributed by atoms with Crippen LogP contribution in [0.1, 0.15) is 18.4 Å². The number of likely N-dealkylation sites (N-methyl/N-ethyl adjacent to an activating group) is 1. The number of nitriles is 1. The van der Waals surface area contributed by atoms with Crippen molar-refractivity contribution < 1.29 is 13.2 Å². The van der Waals surface area contributed by atoms with Gasteiger partial charge in [0.25, 0.3) is 0 Å². The fourth-order valence-electron chi connectivity index (χ4n) is 2.05. The van der Waals surface area contributed by atoms with Crippen molar-refractivity contribution in [3.8, 4) is 6.07 Å². The van der Waals surface area contributed by atoms with Crippen molar-refractivity contribution >= 4 is 10.0 Å². The van der Waals surface area contributed by atoms with E-state index in [2.05, 4.69) is 0 Å². The van der Waals surface area contributed by atoms with Gasteiger partial charge in [0.1, 0.15) is 0 Å². The zero-order valence-corrected chi connectivity index (χ0v) is 11.6. The van der Waals surface area contributed by atoms with E-state index in [9.17, 15) is 8.42 Å². The fraction of sp³-hybridized carbons (Fsp3) is 0.462. The van der Waals surface area contributed by atoms with Crippen LogP contribution in [0.15, 0.2) is 29.2 Å². The molecular formula is C13H16N2O3S. The molecule has 1 aliphatic rings. The first-order chi connectivity index (χ1) is 9.04. The van der Waals surface area contributed by atoms with Gasteiger partial charge < -0.3 is 4.74 Å². The molecule has 1 saturated heterocycles. The first-order valence-electron chi connectivity index (χ1n) is 6.12. The van der Waals surface area contributed by atoms with Crippen molar-refractivity contribution in [2.45, 2.75) is 23.8 Å². The first kappa shape index (κ1) is 14.0. The number of rotatable bonds is 4. The second-order valence-corrected chi connectivity index (χ2v) is 6.60. The van der Waals surface area contributed by atoms with E-state index in [1.165, 1.54) is 28.6 Å². The largest absolute Gasteiger partial charge is 0.377 e. The molecule has 1 heterocycles. The molecule has 0 aromatic heterocycles. The van der Waals surface area contributed by atoms with Crippen molar-refractivity contribution in [3.63, 3.8) is 0 Å². The standard InChI is InChI=1S/C13H16N2O3S/c1-15(10-12-3-2-8-18-12)19(16,17)13-6-4-11(9-14)5-7-13/h4-7,12H,2-3,8,10H2,1H3. The van der Waals surface area contributed by atoms with Crippen LogP contribution in [0, 0.1) is 11.3 Å². The summed E-state index contributed by atoms with van der Waals surface area (Å²) in [5.74, 6) is 0. The van der Waals surface area contributed by atoms with Crippen LogP contribution in [0.2, 0.25) is 0 Å². The lowest BCUT2D eigenvalue weighted by atomic mass is 10.2. The molecule has 5 nitrogen and oxygen atoms in total. The highest BCUT2D eigenvalue weighted by Crippen LogP contribution is 2.19. The predicted octanol–water partition coefficient (Wildman–Crippen LogP) is 1.36. The fourth-order valence-corrected chi connectivity index (χ4v) is 3.26. The third kappa shape index (κ3) is 3.13. The number of hydrogen-bond acceptors (Lipinski definition) is 4. The molecule has 2 rings (SSSR count). The Morgan fingerprint density at radius 1 is 1.42 bits per heavy atom. The Labute approximate surface area is 113 Å². The quantitative estimate of drug-likeness (QED) is 0.835. The molecule has 1 aromatic rings. The van der Waals surface area contributed by atoms with Gasteiger partial charge in [0.2, 0.25) is 10.0 Å². The molecule has 1 unspecified atom stereocenters. The zero-order chi connectivity index (χ0) is 13.9. The zero-order valence-electron chi connectivity index (χ0n) is 10.7. The van der Waals surface area contributed by atoms with E-state index in [0.717, 1.165) is 12.8 Å². The average Bonchev–Trinajstić information content (AvgIpc) is 2.91. The maximum absolute atomic E-state index is 12.3. The van der Waals surface area contributed by atoms with E-state index in [-0.39, 0.29) is 11.0 Å². The molecule has 19 heavy (non-hydrogen) atoms. The molecule has 102 valence electrons. The van der Waals surface area contributed by atoms with Gasteiger partial charge in [-0.05, 0) is 37.1 Å². The number of nitrogens with zero attached hydrogens (tertiary/aromatic N) is 2. The normalized spacial score (nSPS) is 19.5. The highest BCUT2D eigenvalue weighted by atomic mass is 32.2. The van der Waals surface area contributed by atoms with Crippen LogP contribution in [0.25, 0.3) is 0 Å². The van der Waals surface area contributed by atoms with Crippen LogP contribution >= 0.6 is 0 Å². The highest BCUT2D eigenvalue weighted by molar-refractivity contribution is 7.89. The summed E-state index contributed by atoms with van der Waals surface area (Å²) in [6.45, 7) is 1.07. The van der Waals surface area contributed by atoms with Gasteiger partial charge in [-0.1, -0.05) is 0 Å². The van der Waals surface area contributed by atoms with Crippen molar-refractivity contribution in [2.75, 3.05) is 20.2 Å². The van der Waals surface area contributed by atoms with Crippen molar-refractivity contribution in [1.82, 2.24) is 4.31 Å². The van der Waals surface area contributed by atoms with E-state index in [1.54, 1.807) is 7.05 Å². The average molecular weight is 280 g/mol. The molecule has 1 aliphatic heterocycles. The predicted molar refractivity (Wildman–Crippen MR) is 69.9 cm³/mol. The summed E-state index contributed by atoms with van der Waals surface area (Å²) < 4.78 is 31.4. The second kappa shape index (κ2) is 5.70. The molecule has 0 N–H and O–H groups in total. The third-order valence-electron chi connectivity index (χ3n) is 3.18. The summed E-state index contributed by atoms with van der Waals surface area (Å²) >= 11 is 0. The van der Waals surface area contributed by atoms with Gasteiger partial charge in [0.15, 0.2) is 0 Å². The Hall–Kier alpha value is -1.42. The molecule has 0 amide bonds. The minimum atomic E-state index is -3.51. The maximum Gasteiger partial charge on any atom is 0.242 e. The minimum Gasteiger partial charge on any atom is -0.377 e. The molecule has 0 aliphatic carbocycles. The van der Waals surface area contributed by atoms with Gasteiger partial charge in [-0.2, -0.15) is 9.57 Å². The summed E-state index contributed by atoms with van der Waals surface area (Å²) in [4.78, 5) is 0.201. The van der Waals surface area contributed by atoms with Crippen LogP contribution in [0.3, 0.4) is 0 Å². The highest BCUT2D eigenvalue weighted by Gasteiger charge is 2.25. The van der Waals surface area contributed by atoms with Crippen LogP contribution in [-0.2, 0) is 14.8 Å². The molecule has 1 fully saturated rings. The van der Waals surface area contributed by atoms with E-state index < -0.39 is 10.0 Å². The number of ether oxygens (including phenoxy) is 1. The monoisotopic (exact) mass is 280 g/mol. The lowest BCUT2D eigenvalue weighted by Crippen LogP contribution is -2.34. The maximum atomic E-state index is 12.3. The van der Waals surface area contributed by atoms with Crippen molar-refractivity contribution in [1.29, 1.82) is 5.26 Å². The molecule has 0 bridgehead atoms. The van der Waals surface area contributed by atoms with E-state index in [0.29, 0.717) is 18.7 Å². The number of sulfonamides is 1. The SMILES string of the molecule is CN(CC1CCCO1)S(=O)(=O)c1ccc(C#N)cc1. The van der Waals surface area contributed by atoms with Gasteiger partial charge in [0, 0.05) is 20.2 Å². The molecule has 0 spiro atoms. The molecule has 0 radical (unpaired) electrons.